The first kappa shape index (κ1) is 13.3. The van der Waals surface area contributed by atoms with Crippen molar-refractivity contribution in [3.8, 4) is 0 Å². The Morgan fingerprint density at radius 1 is 1.56 bits per heavy atom. The average Bonchev–Trinajstić information content (AvgIpc) is 2.22. The van der Waals surface area contributed by atoms with E-state index < -0.39 is 0 Å². The van der Waals surface area contributed by atoms with Crippen LogP contribution in [0, 0.1) is 11.8 Å². The fourth-order valence-corrected chi connectivity index (χ4v) is 2.34. The van der Waals surface area contributed by atoms with E-state index >= 15 is 0 Å². The normalized spacial score (nSPS) is 28.6. The number of rotatable bonds is 4. The van der Waals surface area contributed by atoms with Gasteiger partial charge in [-0.05, 0) is 24.7 Å². The standard InChI is InChI=1S/C11H23N3O2/c1-8(2)5-9-6-14(4-3-10(9)15)7-11(12)13-16/h8-10,15-16H,3-7H2,1-2H3,(H2,12,13)/t9-,10+/m0/s1. The molecule has 16 heavy (non-hydrogen) atoms. The molecule has 1 aliphatic heterocycles. The van der Waals surface area contributed by atoms with Crippen molar-refractivity contribution in [3.05, 3.63) is 0 Å². The van der Waals surface area contributed by atoms with Gasteiger partial charge in [-0.3, -0.25) is 4.90 Å². The lowest BCUT2D eigenvalue weighted by Gasteiger charge is -2.36. The van der Waals surface area contributed by atoms with E-state index in [1.807, 2.05) is 0 Å². The molecule has 94 valence electrons. The van der Waals surface area contributed by atoms with E-state index in [-0.39, 0.29) is 11.9 Å². The molecule has 2 atom stereocenters. The molecule has 1 heterocycles. The van der Waals surface area contributed by atoms with Crippen molar-refractivity contribution in [1.82, 2.24) is 4.90 Å². The van der Waals surface area contributed by atoms with Gasteiger partial charge in [-0.1, -0.05) is 19.0 Å². The van der Waals surface area contributed by atoms with Gasteiger partial charge in [0.2, 0.25) is 0 Å². The molecular weight excluding hydrogens is 206 g/mol. The maximum atomic E-state index is 9.89. The van der Waals surface area contributed by atoms with Crippen LogP contribution in [0.3, 0.4) is 0 Å². The molecule has 0 aromatic carbocycles. The molecule has 0 amide bonds. The summed E-state index contributed by atoms with van der Waals surface area (Å²) in [6.45, 7) is 6.45. The third kappa shape index (κ3) is 3.98. The van der Waals surface area contributed by atoms with Gasteiger partial charge < -0.3 is 16.0 Å². The van der Waals surface area contributed by atoms with Crippen LogP contribution in [0.1, 0.15) is 26.7 Å². The minimum atomic E-state index is -0.203. The summed E-state index contributed by atoms with van der Waals surface area (Å²) < 4.78 is 0. The molecule has 5 heteroatoms. The van der Waals surface area contributed by atoms with Gasteiger partial charge >= 0.3 is 0 Å². The molecule has 1 fully saturated rings. The van der Waals surface area contributed by atoms with E-state index in [0.29, 0.717) is 18.4 Å². The summed E-state index contributed by atoms with van der Waals surface area (Å²) in [5.74, 6) is 1.13. The molecule has 0 spiro atoms. The van der Waals surface area contributed by atoms with Gasteiger partial charge in [-0.25, -0.2) is 0 Å². The average molecular weight is 229 g/mol. The maximum Gasteiger partial charge on any atom is 0.153 e. The number of aliphatic hydroxyl groups is 1. The zero-order valence-electron chi connectivity index (χ0n) is 10.1. The Morgan fingerprint density at radius 3 is 2.81 bits per heavy atom. The first-order valence-electron chi connectivity index (χ1n) is 5.89. The van der Waals surface area contributed by atoms with Gasteiger partial charge in [-0.15, -0.1) is 0 Å². The predicted molar refractivity (Wildman–Crippen MR) is 63.4 cm³/mol. The second kappa shape index (κ2) is 6.06. The largest absolute Gasteiger partial charge is 0.409 e. The number of amidine groups is 1. The number of likely N-dealkylation sites (tertiary alicyclic amines) is 1. The molecule has 1 saturated heterocycles. The van der Waals surface area contributed by atoms with E-state index in [1.165, 1.54) is 0 Å². The Hall–Kier alpha value is -0.810. The summed E-state index contributed by atoms with van der Waals surface area (Å²) in [7, 11) is 0. The lowest BCUT2D eigenvalue weighted by Crippen LogP contribution is -2.46. The molecule has 0 aromatic rings. The van der Waals surface area contributed by atoms with Gasteiger partial charge in [-0.2, -0.15) is 0 Å². The van der Waals surface area contributed by atoms with E-state index in [0.717, 1.165) is 25.9 Å². The van der Waals surface area contributed by atoms with Gasteiger partial charge in [0, 0.05) is 13.1 Å². The first-order chi connectivity index (χ1) is 7.52. The van der Waals surface area contributed by atoms with Crippen molar-refractivity contribution in [2.45, 2.75) is 32.8 Å². The third-order valence-electron chi connectivity index (χ3n) is 3.07. The van der Waals surface area contributed by atoms with E-state index in [1.54, 1.807) is 0 Å². The zero-order valence-corrected chi connectivity index (χ0v) is 10.1. The summed E-state index contributed by atoms with van der Waals surface area (Å²) in [4.78, 5) is 2.13. The van der Waals surface area contributed by atoms with Gasteiger partial charge in [0.15, 0.2) is 5.84 Å². The number of hydrogen-bond donors (Lipinski definition) is 3. The molecule has 0 unspecified atom stereocenters. The molecule has 0 aliphatic carbocycles. The third-order valence-corrected chi connectivity index (χ3v) is 3.07. The first-order valence-corrected chi connectivity index (χ1v) is 5.89. The minimum absolute atomic E-state index is 0.203. The van der Waals surface area contributed by atoms with Crippen LogP contribution in [-0.2, 0) is 0 Å². The maximum absolute atomic E-state index is 9.89. The summed E-state index contributed by atoms with van der Waals surface area (Å²) in [5.41, 5.74) is 5.48. The monoisotopic (exact) mass is 229 g/mol. The molecule has 5 nitrogen and oxygen atoms in total. The number of aliphatic hydroxyl groups excluding tert-OH is 1. The van der Waals surface area contributed by atoms with Crippen LogP contribution in [0.4, 0.5) is 0 Å². The van der Waals surface area contributed by atoms with Crippen molar-refractivity contribution in [2.24, 2.45) is 22.7 Å². The topological polar surface area (TPSA) is 82.1 Å². The molecular formula is C11H23N3O2. The van der Waals surface area contributed by atoms with E-state index in [4.69, 9.17) is 10.9 Å². The number of oxime groups is 1. The van der Waals surface area contributed by atoms with Crippen LogP contribution in [0.25, 0.3) is 0 Å². The quantitative estimate of drug-likeness (QED) is 0.283. The number of piperidine rings is 1. The summed E-state index contributed by atoms with van der Waals surface area (Å²) in [5, 5.41) is 21.4. The Balaban J connectivity index is 2.46. The highest BCUT2D eigenvalue weighted by Crippen LogP contribution is 2.23. The van der Waals surface area contributed by atoms with Crippen molar-refractivity contribution >= 4 is 5.84 Å². The van der Waals surface area contributed by atoms with Gasteiger partial charge in [0.1, 0.15) is 0 Å². The second-order valence-electron chi connectivity index (χ2n) is 5.07. The molecule has 0 bridgehead atoms. The lowest BCUT2D eigenvalue weighted by molar-refractivity contribution is 0.0228. The zero-order chi connectivity index (χ0) is 12.1. The van der Waals surface area contributed by atoms with Crippen LogP contribution in [0.15, 0.2) is 5.16 Å². The van der Waals surface area contributed by atoms with Crippen LogP contribution >= 0.6 is 0 Å². The Morgan fingerprint density at radius 2 is 2.25 bits per heavy atom. The highest BCUT2D eigenvalue weighted by Gasteiger charge is 2.28. The summed E-state index contributed by atoms with van der Waals surface area (Å²) in [6.07, 6.45) is 1.59. The number of nitrogens with two attached hydrogens (primary N) is 1. The van der Waals surface area contributed by atoms with Crippen molar-refractivity contribution < 1.29 is 10.3 Å². The van der Waals surface area contributed by atoms with Crippen molar-refractivity contribution in [2.75, 3.05) is 19.6 Å². The molecule has 1 rings (SSSR count). The van der Waals surface area contributed by atoms with Gasteiger partial charge in [0.05, 0.1) is 12.6 Å². The Kier molecular flexibility index (Phi) is 5.02. The molecule has 1 aliphatic rings. The van der Waals surface area contributed by atoms with E-state index in [9.17, 15) is 5.11 Å². The van der Waals surface area contributed by atoms with Crippen LogP contribution in [0.2, 0.25) is 0 Å². The number of nitrogens with zero attached hydrogens (tertiary/aromatic N) is 2. The second-order valence-corrected chi connectivity index (χ2v) is 5.07. The van der Waals surface area contributed by atoms with Crippen LogP contribution < -0.4 is 5.73 Å². The molecule has 0 saturated carbocycles. The summed E-state index contributed by atoms with van der Waals surface area (Å²) in [6, 6.07) is 0. The highest BCUT2D eigenvalue weighted by molar-refractivity contribution is 5.81. The smallest absolute Gasteiger partial charge is 0.153 e. The van der Waals surface area contributed by atoms with Crippen LogP contribution in [0.5, 0.6) is 0 Å². The summed E-state index contributed by atoms with van der Waals surface area (Å²) >= 11 is 0. The molecule has 0 radical (unpaired) electrons. The SMILES string of the molecule is CC(C)C[C@H]1CN(CC(N)=NO)CC[C@H]1O. The fourth-order valence-electron chi connectivity index (χ4n) is 2.34. The van der Waals surface area contributed by atoms with Crippen molar-refractivity contribution in [3.63, 3.8) is 0 Å². The van der Waals surface area contributed by atoms with Gasteiger partial charge in [0.25, 0.3) is 0 Å². The Bertz CT molecular complexity index is 243. The Labute approximate surface area is 96.9 Å². The molecule has 4 N–H and O–H groups in total. The lowest BCUT2D eigenvalue weighted by atomic mass is 9.87. The highest BCUT2D eigenvalue weighted by atomic mass is 16.4. The van der Waals surface area contributed by atoms with E-state index in [2.05, 4.69) is 23.9 Å². The molecule has 0 aromatic heterocycles. The van der Waals surface area contributed by atoms with Crippen molar-refractivity contribution in [1.29, 1.82) is 0 Å². The predicted octanol–water partition coefficient (Wildman–Crippen LogP) is 0.462. The van der Waals surface area contributed by atoms with Crippen LogP contribution in [-0.4, -0.2) is 46.8 Å². The number of hydrogen-bond acceptors (Lipinski definition) is 4. The minimum Gasteiger partial charge on any atom is -0.409 e. The fraction of sp³-hybridized carbons (Fsp3) is 0.909.